The zero-order valence-electron chi connectivity index (χ0n) is 9.83. The van der Waals surface area contributed by atoms with Gasteiger partial charge in [0, 0.05) is 23.9 Å². The average molecular weight is 261 g/mol. The number of rotatable bonds is 1. The molecule has 1 saturated heterocycles. The lowest BCUT2D eigenvalue weighted by Crippen LogP contribution is -2.20. The fraction of sp³-hybridized carbons (Fsp3) is 0.308. The summed E-state index contributed by atoms with van der Waals surface area (Å²) < 4.78 is 0. The van der Waals surface area contributed by atoms with E-state index in [4.69, 9.17) is 5.26 Å². The van der Waals surface area contributed by atoms with E-state index in [1.165, 1.54) is 12.8 Å². The fourth-order valence-electron chi connectivity index (χ4n) is 2.33. The second-order valence-electron chi connectivity index (χ2n) is 4.22. The maximum absolute atomic E-state index is 9.03. The molecule has 0 bridgehead atoms. The van der Waals surface area contributed by atoms with Gasteiger partial charge < -0.3 is 4.90 Å². The van der Waals surface area contributed by atoms with Crippen LogP contribution in [0.5, 0.6) is 0 Å². The summed E-state index contributed by atoms with van der Waals surface area (Å²) in [4.78, 5) is 2.25. The summed E-state index contributed by atoms with van der Waals surface area (Å²) in [7, 11) is 0. The molecule has 2 aromatic rings. The monoisotopic (exact) mass is 260 g/mol. The number of aromatic nitrogens is 2. The Morgan fingerprint density at radius 1 is 1.06 bits per heavy atom. The molecule has 1 aromatic heterocycles. The molecule has 0 amide bonds. The van der Waals surface area contributed by atoms with Crippen LogP contribution in [0.4, 0.5) is 5.82 Å². The third kappa shape index (κ3) is 1.98. The molecule has 0 spiro atoms. The van der Waals surface area contributed by atoms with Crippen molar-refractivity contribution < 1.29 is 0 Å². The van der Waals surface area contributed by atoms with E-state index in [9.17, 15) is 0 Å². The first kappa shape index (κ1) is 12.6. The third-order valence-electron chi connectivity index (χ3n) is 3.18. The summed E-state index contributed by atoms with van der Waals surface area (Å²) >= 11 is 0. The van der Waals surface area contributed by atoms with Crippen molar-refractivity contribution in [2.45, 2.75) is 12.8 Å². The van der Waals surface area contributed by atoms with Crippen LogP contribution in [0.1, 0.15) is 18.5 Å². The molecule has 1 fully saturated rings. The van der Waals surface area contributed by atoms with E-state index in [1.807, 2.05) is 24.3 Å². The van der Waals surface area contributed by atoms with Gasteiger partial charge in [-0.3, -0.25) is 0 Å². The Hall–Kier alpha value is -1.86. The van der Waals surface area contributed by atoms with E-state index in [2.05, 4.69) is 21.2 Å². The van der Waals surface area contributed by atoms with Crippen LogP contribution in [-0.4, -0.2) is 23.3 Å². The lowest BCUT2D eigenvalue weighted by molar-refractivity contribution is 0.901. The third-order valence-corrected chi connectivity index (χ3v) is 3.18. The molecule has 0 N–H and O–H groups in total. The topological polar surface area (TPSA) is 52.8 Å². The minimum atomic E-state index is 0. The number of benzene rings is 1. The van der Waals surface area contributed by atoms with Gasteiger partial charge in [-0.05, 0) is 12.8 Å². The zero-order chi connectivity index (χ0) is 11.7. The van der Waals surface area contributed by atoms with Crippen LogP contribution >= 0.6 is 12.4 Å². The summed E-state index contributed by atoms with van der Waals surface area (Å²) in [6.07, 6.45) is 2.41. The molecule has 18 heavy (non-hydrogen) atoms. The molecule has 2 heterocycles. The van der Waals surface area contributed by atoms with Crippen LogP contribution in [-0.2, 0) is 0 Å². The number of nitriles is 1. The molecule has 1 aromatic carbocycles. The van der Waals surface area contributed by atoms with Crippen LogP contribution in [0.15, 0.2) is 24.3 Å². The van der Waals surface area contributed by atoms with Gasteiger partial charge in [-0.15, -0.1) is 22.6 Å². The average Bonchev–Trinajstić information content (AvgIpc) is 2.91. The van der Waals surface area contributed by atoms with Gasteiger partial charge in [0.15, 0.2) is 11.5 Å². The van der Waals surface area contributed by atoms with E-state index in [-0.39, 0.29) is 12.4 Å². The lowest BCUT2D eigenvalue weighted by Gasteiger charge is -2.17. The highest BCUT2D eigenvalue weighted by Gasteiger charge is 2.17. The van der Waals surface area contributed by atoms with Crippen molar-refractivity contribution in [3.63, 3.8) is 0 Å². The molecule has 0 atom stereocenters. The molecule has 0 saturated carbocycles. The van der Waals surface area contributed by atoms with Crippen molar-refractivity contribution in [3.8, 4) is 6.07 Å². The SMILES string of the molecule is Cl.N#Cc1nnc(N2CCCC2)c2ccccc12. The van der Waals surface area contributed by atoms with E-state index in [1.54, 1.807) is 0 Å². The minimum absolute atomic E-state index is 0. The predicted molar refractivity (Wildman–Crippen MR) is 72.9 cm³/mol. The number of nitrogens with zero attached hydrogens (tertiary/aromatic N) is 4. The van der Waals surface area contributed by atoms with E-state index < -0.39 is 0 Å². The van der Waals surface area contributed by atoms with Crippen LogP contribution in [0.2, 0.25) is 0 Å². The highest BCUT2D eigenvalue weighted by atomic mass is 35.5. The largest absolute Gasteiger partial charge is 0.355 e. The highest BCUT2D eigenvalue weighted by molar-refractivity contribution is 5.94. The molecule has 1 aliphatic rings. The molecule has 0 radical (unpaired) electrons. The van der Waals surface area contributed by atoms with Crippen LogP contribution in [0.3, 0.4) is 0 Å². The Kier molecular flexibility index (Phi) is 3.63. The van der Waals surface area contributed by atoms with Gasteiger partial charge in [-0.1, -0.05) is 24.3 Å². The molecule has 1 aliphatic heterocycles. The van der Waals surface area contributed by atoms with Gasteiger partial charge in [0.05, 0.1) is 0 Å². The minimum Gasteiger partial charge on any atom is -0.355 e. The van der Waals surface area contributed by atoms with Gasteiger partial charge in [-0.2, -0.15) is 5.26 Å². The normalized spacial score (nSPS) is 14.3. The van der Waals surface area contributed by atoms with Crippen molar-refractivity contribution >= 4 is 29.0 Å². The molecule has 0 unspecified atom stereocenters. The van der Waals surface area contributed by atoms with Crippen LogP contribution in [0, 0.1) is 11.3 Å². The van der Waals surface area contributed by atoms with Gasteiger partial charge in [0.25, 0.3) is 0 Å². The summed E-state index contributed by atoms with van der Waals surface area (Å²) in [5.41, 5.74) is 0.406. The smallest absolute Gasteiger partial charge is 0.171 e. The van der Waals surface area contributed by atoms with Gasteiger partial charge in [0.2, 0.25) is 0 Å². The van der Waals surface area contributed by atoms with Crippen LogP contribution < -0.4 is 4.90 Å². The van der Waals surface area contributed by atoms with Gasteiger partial charge in [0.1, 0.15) is 6.07 Å². The number of halogens is 1. The molecule has 5 heteroatoms. The zero-order valence-corrected chi connectivity index (χ0v) is 10.7. The lowest BCUT2D eigenvalue weighted by atomic mass is 10.1. The first-order chi connectivity index (χ1) is 8.40. The summed E-state index contributed by atoms with van der Waals surface area (Å²) in [6, 6.07) is 9.95. The number of anilines is 1. The standard InChI is InChI=1S/C13H12N4.ClH/c14-9-12-10-5-1-2-6-11(10)13(16-15-12)17-7-3-4-8-17;/h1-2,5-6H,3-4,7-8H2;1H. The molecular formula is C13H13ClN4. The van der Waals surface area contributed by atoms with Crippen molar-refractivity contribution in [3.05, 3.63) is 30.0 Å². The second-order valence-corrected chi connectivity index (χ2v) is 4.22. The fourth-order valence-corrected chi connectivity index (χ4v) is 2.33. The Morgan fingerprint density at radius 3 is 2.39 bits per heavy atom. The summed E-state index contributed by atoms with van der Waals surface area (Å²) in [6.45, 7) is 2.06. The maximum atomic E-state index is 9.03. The Labute approximate surface area is 112 Å². The van der Waals surface area contributed by atoms with Crippen LogP contribution in [0.25, 0.3) is 10.8 Å². The predicted octanol–water partition coefficient (Wildman–Crippen LogP) is 2.52. The Balaban J connectivity index is 0.00000120. The van der Waals surface area contributed by atoms with Crippen molar-refractivity contribution in [1.29, 1.82) is 5.26 Å². The van der Waals surface area contributed by atoms with Crippen molar-refractivity contribution in [2.75, 3.05) is 18.0 Å². The van der Waals surface area contributed by atoms with Crippen molar-refractivity contribution in [1.82, 2.24) is 10.2 Å². The molecule has 3 rings (SSSR count). The first-order valence-electron chi connectivity index (χ1n) is 5.80. The number of fused-ring (bicyclic) bond motifs is 1. The van der Waals surface area contributed by atoms with E-state index in [0.717, 1.165) is 29.7 Å². The van der Waals surface area contributed by atoms with E-state index in [0.29, 0.717) is 5.69 Å². The summed E-state index contributed by atoms with van der Waals surface area (Å²) in [5, 5.41) is 19.2. The second kappa shape index (κ2) is 5.19. The number of hydrogen-bond donors (Lipinski definition) is 0. The quantitative estimate of drug-likeness (QED) is 0.791. The maximum Gasteiger partial charge on any atom is 0.171 e. The van der Waals surface area contributed by atoms with Crippen molar-refractivity contribution in [2.24, 2.45) is 0 Å². The van der Waals surface area contributed by atoms with E-state index >= 15 is 0 Å². The molecule has 4 nitrogen and oxygen atoms in total. The molecule has 92 valence electrons. The van der Waals surface area contributed by atoms with Gasteiger partial charge in [-0.25, -0.2) is 0 Å². The number of hydrogen-bond acceptors (Lipinski definition) is 4. The summed E-state index contributed by atoms with van der Waals surface area (Å²) in [5.74, 6) is 0.914. The first-order valence-corrected chi connectivity index (χ1v) is 5.80. The van der Waals surface area contributed by atoms with Gasteiger partial charge >= 0.3 is 0 Å². The molecular weight excluding hydrogens is 248 g/mol. The highest BCUT2D eigenvalue weighted by Crippen LogP contribution is 2.27. The Bertz CT molecular complexity index is 599. The molecule has 0 aliphatic carbocycles. The Morgan fingerprint density at radius 2 is 1.72 bits per heavy atom.